The van der Waals surface area contributed by atoms with Gasteiger partial charge in [-0.3, -0.25) is 14.1 Å². The standard InChI is InChI=1S/C27H25ClF3N5O2/c1-2-22-25(36-10-8-21(28)12-23(36)34-22)26(37)33-13-17-3-5-19-7-9-35(16-20(19)11-17)15-18-4-6-24(32-14-18)38-27(29,30)31/h3-6,8,10-12,14H,2,7,9,13,15-16H2,1H3,(H,33,37). The number of carbonyl (C=O) groups is 1. The van der Waals surface area contributed by atoms with Gasteiger partial charge in [0.2, 0.25) is 5.88 Å². The van der Waals surface area contributed by atoms with Crippen molar-refractivity contribution in [3.05, 3.63) is 93.5 Å². The Bertz CT molecular complexity index is 1470. The zero-order valence-corrected chi connectivity index (χ0v) is 21.3. The van der Waals surface area contributed by atoms with Crippen molar-refractivity contribution >= 4 is 23.2 Å². The number of nitrogens with one attached hydrogen (secondary N) is 1. The van der Waals surface area contributed by atoms with Crippen LogP contribution in [0.15, 0.2) is 54.9 Å². The number of hydrogen-bond donors (Lipinski definition) is 1. The molecule has 0 unspecified atom stereocenters. The van der Waals surface area contributed by atoms with Crippen LogP contribution in [0.4, 0.5) is 13.2 Å². The summed E-state index contributed by atoms with van der Waals surface area (Å²) in [6, 6.07) is 12.5. The Morgan fingerprint density at radius 2 is 1.95 bits per heavy atom. The number of alkyl halides is 3. The molecule has 0 bridgehead atoms. The molecule has 0 radical (unpaired) electrons. The molecule has 7 nitrogen and oxygen atoms in total. The van der Waals surface area contributed by atoms with E-state index in [4.69, 9.17) is 11.6 Å². The maximum atomic E-state index is 13.1. The van der Waals surface area contributed by atoms with Gasteiger partial charge in [-0.25, -0.2) is 9.97 Å². The summed E-state index contributed by atoms with van der Waals surface area (Å²) < 4.78 is 42.7. The minimum atomic E-state index is -4.76. The second-order valence-corrected chi connectivity index (χ2v) is 9.57. The van der Waals surface area contributed by atoms with E-state index >= 15 is 0 Å². The van der Waals surface area contributed by atoms with Gasteiger partial charge in [-0.05, 0) is 41.2 Å². The molecule has 1 aromatic carbocycles. The molecule has 0 saturated carbocycles. The average molecular weight is 544 g/mol. The van der Waals surface area contributed by atoms with Crippen molar-refractivity contribution in [2.45, 2.75) is 45.8 Å². The lowest BCUT2D eigenvalue weighted by atomic mass is 9.97. The fourth-order valence-electron chi connectivity index (χ4n) is 4.68. The molecule has 0 atom stereocenters. The minimum Gasteiger partial charge on any atom is -0.388 e. The number of carbonyl (C=O) groups excluding carboxylic acids is 1. The summed E-state index contributed by atoms with van der Waals surface area (Å²) in [7, 11) is 0. The van der Waals surface area contributed by atoms with Gasteiger partial charge >= 0.3 is 6.36 Å². The third kappa shape index (κ3) is 5.92. The SMILES string of the molecule is CCc1nc2cc(Cl)ccn2c1C(=O)NCc1ccc2c(c1)CN(Cc1ccc(OC(F)(F)F)nc1)CC2. The number of imidazole rings is 1. The highest BCUT2D eigenvalue weighted by molar-refractivity contribution is 6.30. The predicted molar refractivity (Wildman–Crippen MR) is 136 cm³/mol. The van der Waals surface area contributed by atoms with Gasteiger partial charge in [-0.2, -0.15) is 0 Å². The first kappa shape index (κ1) is 26.0. The summed E-state index contributed by atoms with van der Waals surface area (Å²) in [6.07, 6.45) is -0.138. The Balaban J connectivity index is 1.23. The van der Waals surface area contributed by atoms with Crippen molar-refractivity contribution in [3.8, 4) is 5.88 Å². The monoisotopic (exact) mass is 543 g/mol. The highest BCUT2D eigenvalue weighted by atomic mass is 35.5. The van der Waals surface area contributed by atoms with Crippen LogP contribution in [0.3, 0.4) is 0 Å². The third-order valence-corrected chi connectivity index (χ3v) is 6.68. The second-order valence-electron chi connectivity index (χ2n) is 9.13. The third-order valence-electron chi connectivity index (χ3n) is 6.45. The number of hydrogen-bond acceptors (Lipinski definition) is 5. The molecule has 0 aliphatic carbocycles. The number of benzene rings is 1. The molecule has 1 N–H and O–H groups in total. The van der Waals surface area contributed by atoms with Crippen molar-refractivity contribution < 1.29 is 22.7 Å². The Morgan fingerprint density at radius 1 is 1.13 bits per heavy atom. The Hall–Kier alpha value is -3.63. The first-order chi connectivity index (χ1) is 18.2. The molecule has 38 heavy (non-hydrogen) atoms. The maximum Gasteiger partial charge on any atom is 0.574 e. The largest absolute Gasteiger partial charge is 0.574 e. The number of aromatic nitrogens is 3. The first-order valence-corrected chi connectivity index (χ1v) is 12.5. The average Bonchev–Trinajstić information content (AvgIpc) is 3.25. The van der Waals surface area contributed by atoms with Gasteiger partial charge < -0.3 is 10.1 Å². The molecule has 0 fully saturated rings. The van der Waals surface area contributed by atoms with Gasteiger partial charge in [-0.1, -0.05) is 42.8 Å². The number of aryl methyl sites for hydroxylation is 1. The lowest BCUT2D eigenvalue weighted by Gasteiger charge is -2.29. The Kier molecular flexibility index (Phi) is 7.27. The number of rotatable bonds is 7. The molecule has 1 amide bonds. The van der Waals surface area contributed by atoms with E-state index in [2.05, 4.69) is 37.1 Å². The van der Waals surface area contributed by atoms with Crippen molar-refractivity contribution in [2.75, 3.05) is 6.54 Å². The predicted octanol–water partition coefficient (Wildman–Crippen LogP) is 5.33. The van der Waals surface area contributed by atoms with Crippen LogP contribution in [0.1, 0.15) is 45.4 Å². The van der Waals surface area contributed by atoms with Crippen LogP contribution in [0.2, 0.25) is 5.02 Å². The minimum absolute atomic E-state index is 0.207. The molecule has 198 valence electrons. The van der Waals surface area contributed by atoms with Crippen molar-refractivity contribution in [1.29, 1.82) is 0 Å². The van der Waals surface area contributed by atoms with Gasteiger partial charge in [0.15, 0.2) is 0 Å². The summed E-state index contributed by atoms with van der Waals surface area (Å²) in [6.45, 7) is 4.38. The lowest BCUT2D eigenvalue weighted by Crippen LogP contribution is -2.30. The van der Waals surface area contributed by atoms with E-state index in [1.807, 2.05) is 13.0 Å². The van der Waals surface area contributed by atoms with Crippen molar-refractivity contribution in [2.24, 2.45) is 0 Å². The summed E-state index contributed by atoms with van der Waals surface area (Å²) in [5, 5.41) is 3.57. The Morgan fingerprint density at radius 3 is 2.68 bits per heavy atom. The number of ether oxygens (including phenoxy) is 1. The van der Waals surface area contributed by atoms with Crippen LogP contribution in [0.5, 0.6) is 5.88 Å². The molecule has 4 aromatic rings. The number of nitrogens with zero attached hydrogens (tertiary/aromatic N) is 4. The molecule has 0 spiro atoms. The number of pyridine rings is 2. The van der Waals surface area contributed by atoms with Crippen LogP contribution < -0.4 is 10.1 Å². The first-order valence-electron chi connectivity index (χ1n) is 12.2. The van der Waals surface area contributed by atoms with E-state index in [9.17, 15) is 18.0 Å². The quantitative estimate of drug-likeness (QED) is 0.341. The maximum absolute atomic E-state index is 13.1. The summed E-state index contributed by atoms with van der Waals surface area (Å²) in [5.74, 6) is -0.683. The van der Waals surface area contributed by atoms with Gasteiger partial charge in [0.25, 0.3) is 5.91 Å². The normalized spacial score (nSPS) is 13.9. The van der Waals surface area contributed by atoms with E-state index in [1.54, 1.807) is 28.8 Å². The lowest BCUT2D eigenvalue weighted by molar-refractivity contribution is -0.276. The van der Waals surface area contributed by atoms with Crippen LogP contribution in [-0.4, -0.2) is 38.1 Å². The van der Waals surface area contributed by atoms with Crippen LogP contribution >= 0.6 is 11.6 Å². The van der Waals surface area contributed by atoms with E-state index in [1.165, 1.54) is 17.8 Å². The van der Waals surface area contributed by atoms with Gasteiger partial charge in [-0.15, -0.1) is 13.2 Å². The topological polar surface area (TPSA) is 71.8 Å². The number of fused-ring (bicyclic) bond motifs is 2. The second kappa shape index (κ2) is 10.6. The highest BCUT2D eigenvalue weighted by Gasteiger charge is 2.31. The Labute approximate surface area is 222 Å². The van der Waals surface area contributed by atoms with E-state index in [0.717, 1.165) is 29.7 Å². The molecular formula is C27H25ClF3N5O2. The van der Waals surface area contributed by atoms with Gasteiger partial charge in [0, 0.05) is 55.7 Å². The fraction of sp³-hybridized carbons (Fsp3) is 0.296. The number of halogens is 4. The van der Waals surface area contributed by atoms with Crippen LogP contribution in [-0.2, 0) is 32.5 Å². The summed E-state index contributed by atoms with van der Waals surface area (Å²) >= 11 is 6.08. The molecular weight excluding hydrogens is 519 g/mol. The number of amides is 1. The zero-order valence-electron chi connectivity index (χ0n) is 20.6. The molecule has 4 heterocycles. The van der Waals surface area contributed by atoms with Gasteiger partial charge in [0.1, 0.15) is 11.3 Å². The smallest absolute Gasteiger partial charge is 0.388 e. The fourth-order valence-corrected chi connectivity index (χ4v) is 4.83. The molecule has 5 rings (SSSR count). The van der Waals surface area contributed by atoms with E-state index in [0.29, 0.717) is 48.1 Å². The van der Waals surface area contributed by atoms with E-state index < -0.39 is 12.2 Å². The molecule has 3 aromatic heterocycles. The van der Waals surface area contributed by atoms with E-state index in [-0.39, 0.29) is 5.91 Å². The van der Waals surface area contributed by atoms with Crippen molar-refractivity contribution in [1.82, 2.24) is 24.6 Å². The molecule has 0 saturated heterocycles. The zero-order chi connectivity index (χ0) is 26.9. The summed E-state index contributed by atoms with van der Waals surface area (Å²) in [5.41, 5.74) is 6.02. The molecule has 11 heteroatoms. The molecule has 1 aliphatic heterocycles. The summed E-state index contributed by atoms with van der Waals surface area (Å²) in [4.78, 5) is 23.6. The van der Waals surface area contributed by atoms with Crippen LogP contribution in [0, 0.1) is 0 Å². The van der Waals surface area contributed by atoms with Crippen LogP contribution in [0.25, 0.3) is 5.65 Å². The van der Waals surface area contributed by atoms with Crippen molar-refractivity contribution in [3.63, 3.8) is 0 Å². The van der Waals surface area contributed by atoms with Gasteiger partial charge in [0.05, 0.1) is 5.69 Å². The highest BCUT2D eigenvalue weighted by Crippen LogP contribution is 2.24. The molecule has 1 aliphatic rings.